The predicted octanol–water partition coefficient (Wildman–Crippen LogP) is 3.74. The molecule has 1 aromatic heterocycles. The Morgan fingerprint density at radius 2 is 1.91 bits per heavy atom. The number of nitrogens with one attached hydrogen (secondary N) is 1. The van der Waals surface area contributed by atoms with E-state index >= 15 is 0 Å². The Labute approximate surface area is 131 Å². The normalized spacial score (nSPS) is 11.3. The Morgan fingerprint density at radius 3 is 2.45 bits per heavy atom. The van der Waals surface area contributed by atoms with Crippen molar-refractivity contribution < 1.29 is 4.79 Å². The van der Waals surface area contributed by atoms with Gasteiger partial charge >= 0.3 is 6.03 Å². The number of aryl methyl sites for hydroxylation is 1. The number of anilines is 1. The van der Waals surface area contributed by atoms with Gasteiger partial charge in [-0.1, -0.05) is 30.3 Å². The largest absolute Gasteiger partial charge is 0.323 e. The minimum atomic E-state index is -0.226. The highest BCUT2D eigenvalue weighted by Crippen LogP contribution is 2.22. The third-order valence-electron chi connectivity index (χ3n) is 3.56. The van der Waals surface area contributed by atoms with Gasteiger partial charge in [0.05, 0.1) is 5.69 Å². The lowest BCUT2D eigenvalue weighted by Gasteiger charge is -2.34. The number of hydrogen-bond acceptors (Lipinski definition) is 2. The monoisotopic (exact) mass is 300 g/mol. The van der Waals surface area contributed by atoms with Gasteiger partial charge in [-0.25, -0.2) is 4.79 Å². The van der Waals surface area contributed by atoms with Crippen LogP contribution in [0.25, 0.3) is 11.3 Å². The van der Waals surface area contributed by atoms with Gasteiger partial charge in [0.2, 0.25) is 0 Å². The first-order valence-electron chi connectivity index (χ1n) is 7.51. The second kappa shape index (κ2) is 6.22. The van der Waals surface area contributed by atoms with Crippen molar-refractivity contribution in [3.63, 3.8) is 0 Å². The van der Waals surface area contributed by atoms with E-state index in [2.05, 4.69) is 10.4 Å². The van der Waals surface area contributed by atoms with Crippen molar-refractivity contribution in [3.05, 3.63) is 36.4 Å². The lowest BCUT2D eigenvalue weighted by atomic mass is 10.1. The molecular weight excluding hydrogens is 276 g/mol. The molecule has 0 aliphatic carbocycles. The van der Waals surface area contributed by atoms with E-state index in [9.17, 15) is 4.79 Å². The zero-order valence-electron chi connectivity index (χ0n) is 13.9. The number of amides is 2. The van der Waals surface area contributed by atoms with Gasteiger partial charge in [0.25, 0.3) is 0 Å². The van der Waals surface area contributed by atoms with Crippen LogP contribution in [0, 0.1) is 0 Å². The van der Waals surface area contributed by atoms with Crippen molar-refractivity contribution in [1.29, 1.82) is 0 Å². The molecule has 0 saturated heterocycles. The highest BCUT2D eigenvalue weighted by Gasteiger charge is 2.25. The molecule has 0 fully saturated rings. The minimum Gasteiger partial charge on any atom is -0.320 e. The molecule has 0 aliphatic rings. The van der Waals surface area contributed by atoms with Crippen molar-refractivity contribution in [2.24, 2.45) is 7.05 Å². The summed E-state index contributed by atoms with van der Waals surface area (Å²) in [6.45, 7) is 8.67. The lowest BCUT2D eigenvalue weighted by Crippen LogP contribution is -2.47. The van der Waals surface area contributed by atoms with Gasteiger partial charge in [-0.15, -0.1) is 0 Å². The quantitative estimate of drug-likeness (QED) is 0.938. The zero-order chi connectivity index (χ0) is 16.3. The second-order valence-electron chi connectivity index (χ2n) is 6.25. The molecule has 1 heterocycles. The molecule has 0 aliphatic heterocycles. The van der Waals surface area contributed by atoms with Crippen molar-refractivity contribution in [3.8, 4) is 11.3 Å². The number of nitrogens with zero attached hydrogens (tertiary/aromatic N) is 3. The topological polar surface area (TPSA) is 50.2 Å². The van der Waals surface area contributed by atoms with E-state index in [1.54, 1.807) is 9.58 Å². The molecule has 0 unspecified atom stereocenters. The molecule has 0 atom stereocenters. The van der Waals surface area contributed by atoms with E-state index in [0.717, 1.165) is 11.3 Å². The van der Waals surface area contributed by atoms with Crippen LogP contribution < -0.4 is 5.32 Å². The number of carbonyl (C=O) groups is 1. The van der Waals surface area contributed by atoms with Crippen molar-refractivity contribution in [2.75, 3.05) is 11.9 Å². The summed E-state index contributed by atoms with van der Waals surface area (Å²) >= 11 is 0. The van der Waals surface area contributed by atoms with Crippen molar-refractivity contribution in [1.82, 2.24) is 14.7 Å². The molecule has 0 bridgehead atoms. The van der Waals surface area contributed by atoms with Gasteiger partial charge in [0.15, 0.2) is 5.82 Å². The maximum absolute atomic E-state index is 12.4. The maximum Gasteiger partial charge on any atom is 0.323 e. The molecule has 0 radical (unpaired) electrons. The van der Waals surface area contributed by atoms with Crippen LogP contribution in [0.1, 0.15) is 27.7 Å². The van der Waals surface area contributed by atoms with Crippen molar-refractivity contribution >= 4 is 11.8 Å². The number of benzene rings is 1. The molecule has 1 N–H and O–H groups in total. The Morgan fingerprint density at radius 1 is 1.27 bits per heavy atom. The predicted molar refractivity (Wildman–Crippen MR) is 89.8 cm³/mol. The van der Waals surface area contributed by atoms with Crippen LogP contribution in [-0.2, 0) is 7.05 Å². The summed E-state index contributed by atoms with van der Waals surface area (Å²) in [5.41, 5.74) is 1.81. The summed E-state index contributed by atoms with van der Waals surface area (Å²) in [6.07, 6.45) is 0. The summed E-state index contributed by atoms with van der Waals surface area (Å²) < 4.78 is 1.78. The molecule has 2 amide bonds. The van der Waals surface area contributed by atoms with Crippen LogP contribution in [0.15, 0.2) is 36.4 Å². The molecule has 2 aromatic rings. The fraction of sp³-hybridized carbons (Fsp3) is 0.412. The zero-order valence-corrected chi connectivity index (χ0v) is 13.9. The first-order chi connectivity index (χ1) is 10.3. The van der Waals surface area contributed by atoms with Gasteiger partial charge in [-0.05, 0) is 33.3 Å². The molecule has 5 heteroatoms. The number of rotatable bonds is 3. The summed E-state index contributed by atoms with van der Waals surface area (Å²) in [5, 5.41) is 7.27. The average Bonchev–Trinajstić information content (AvgIpc) is 2.79. The Kier molecular flexibility index (Phi) is 4.54. The van der Waals surface area contributed by atoms with E-state index < -0.39 is 0 Å². The highest BCUT2D eigenvalue weighted by molar-refractivity contribution is 5.89. The van der Waals surface area contributed by atoms with Crippen LogP contribution in [-0.4, -0.2) is 32.8 Å². The highest BCUT2D eigenvalue weighted by atomic mass is 16.2. The van der Waals surface area contributed by atoms with Gasteiger partial charge in [0, 0.05) is 25.2 Å². The van der Waals surface area contributed by atoms with E-state index in [1.807, 2.05) is 71.1 Å². The fourth-order valence-electron chi connectivity index (χ4n) is 2.51. The SMILES string of the molecule is CCN(C(=O)Nc1cc(-c2ccccc2)n(C)n1)C(C)(C)C. The van der Waals surface area contributed by atoms with E-state index in [4.69, 9.17) is 0 Å². The van der Waals surface area contributed by atoms with Gasteiger partial charge < -0.3 is 4.90 Å². The maximum atomic E-state index is 12.4. The third kappa shape index (κ3) is 3.47. The van der Waals surface area contributed by atoms with E-state index in [0.29, 0.717) is 12.4 Å². The molecule has 0 saturated carbocycles. The first kappa shape index (κ1) is 16.1. The molecule has 118 valence electrons. The van der Waals surface area contributed by atoms with Crippen LogP contribution in [0.4, 0.5) is 10.6 Å². The molecule has 0 spiro atoms. The van der Waals surface area contributed by atoms with Gasteiger partial charge in [-0.3, -0.25) is 10.00 Å². The third-order valence-corrected chi connectivity index (χ3v) is 3.56. The van der Waals surface area contributed by atoms with E-state index in [-0.39, 0.29) is 11.6 Å². The summed E-state index contributed by atoms with van der Waals surface area (Å²) in [7, 11) is 1.87. The first-order valence-corrected chi connectivity index (χ1v) is 7.51. The number of hydrogen-bond donors (Lipinski definition) is 1. The Bertz CT molecular complexity index is 640. The number of carbonyl (C=O) groups excluding carboxylic acids is 1. The summed E-state index contributed by atoms with van der Waals surface area (Å²) in [5.74, 6) is 0.564. The Balaban J connectivity index is 2.20. The minimum absolute atomic E-state index is 0.132. The summed E-state index contributed by atoms with van der Waals surface area (Å²) in [4.78, 5) is 14.2. The average molecular weight is 300 g/mol. The Hall–Kier alpha value is -2.30. The van der Waals surface area contributed by atoms with Crippen molar-refractivity contribution in [2.45, 2.75) is 33.2 Å². The molecule has 22 heavy (non-hydrogen) atoms. The standard InChI is InChI=1S/C17H24N4O/c1-6-21(17(2,3)4)16(22)18-15-12-14(20(5)19-15)13-10-8-7-9-11-13/h7-12H,6H2,1-5H3,(H,18,19,22). The van der Waals surface area contributed by atoms with Gasteiger partial charge in [0.1, 0.15) is 0 Å². The smallest absolute Gasteiger partial charge is 0.320 e. The van der Waals surface area contributed by atoms with Crippen LogP contribution >= 0.6 is 0 Å². The number of urea groups is 1. The van der Waals surface area contributed by atoms with Crippen LogP contribution in [0.5, 0.6) is 0 Å². The van der Waals surface area contributed by atoms with Crippen LogP contribution in [0.2, 0.25) is 0 Å². The second-order valence-corrected chi connectivity index (χ2v) is 6.25. The van der Waals surface area contributed by atoms with Gasteiger partial charge in [-0.2, -0.15) is 5.10 Å². The molecular formula is C17H24N4O. The fourth-order valence-corrected chi connectivity index (χ4v) is 2.51. The molecule has 5 nitrogen and oxygen atoms in total. The molecule has 1 aromatic carbocycles. The van der Waals surface area contributed by atoms with E-state index in [1.165, 1.54) is 0 Å². The number of aromatic nitrogens is 2. The lowest BCUT2D eigenvalue weighted by molar-refractivity contribution is 0.162. The molecule has 2 rings (SSSR count). The van der Waals surface area contributed by atoms with Crippen LogP contribution in [0.3, 0.4) is 0 Å². The summed E-state index contributed by atoms with van der Waals surface area (Å²) in [6, 6.07) is 11.8.